The van der Waals surface area contributed by atoms with E-state index in [-0.39, 0.29) is 16.9 Å². The number of ether oxygens (including phenoxy) is 2. The molecule has 6 aromatic rings. The van der Waals surface area contributed by atoms with Gasteiger partial charge in [0.15, 0.2) is 0 Å². The third kappa shape index (κ3) is 7.86. The number of rotatable bonds is 12. The minimum atomic E-state index is -0.224. The van der Waals surface area contributed by atoms with Crippen LogP contribution < -0.4 is 20.1 Å². The van der Waals surface area contributed by atoms with Crippen molar-refractivity contribution in [1.82, 2.24) is 0 Å². The standard InChI is InChI=1S/C41H38N2O4/c1-41(2,31-11-19-35(20-12-31)46-37-23-15-33(16-24-37)42-27-29-7-3-5-9-39(29)44)32-13-21-36(22-14-32)47-38-25-17-34(18-26-38)43-28-30-8-4-6-10-40(30)45/h3-26,42-45H,27-28H2,1-2H3. The first-order valence-corrected chi connectivity index (χ1v) is 15.6. The van der Waals surface area contributed by atoms with E-state index in [0.29, 0.717) is 13.1 Å². The molecular formula is C41H38N2O4. The van der Waals surface area contributed by atoms with Crippen molar-refractivity contribution in [2.45, 2.75) is 32.4 Å². The molecule has 0 aliphatic carbocycles. The molecule has 6 rings (SSSR count). The molecular weight excluding hydrogens is 584 g/mol. The van der Waals surface area contributed by atoms with E-state index in [2.05, 4.69) is 48.7 Å². The van der Waals surface area contributed by atoms with Crippen LogP contribution in [-0.2, 0) is 18.5 Å². The molecule has 0 aliphatic rings. The first-order valence-electron chi connectivity index (χ1n) is 15.6. The van der Waals surface area contributed by atoms with E-state index in [4.69, 9.17) is 9.47 Å². The highest BCUT2D eigenvalue weighted by Crippen LogP contribution is 2.35. The normalized spacial score (nSPS) is 11.1. The summed E-state index contributed by atoms with van der Waals surface area (Å²) in [7, 11) is 0. The van der Waals surface area contributed by atoms with Crippen LogP contribution in [0, 0.1) is 0 Å². The number of phenols is 2. The number of para-hydroxylation sites is 2. The van der Waals surface area contributed by atoms with Crippen LogP contribution in [0.4, 0.5) is 11.4 Å². The summed E-state index contributed by atoms with van der Waals surface area (Å²) < 4.78 is 12.2. The topological polar surface area (TPSA) is 83.0 Å². The zero-order valence-electron chi connectivity index (χ0n) is 26.5. The van der Waals surface area contributed by atoms with E-state index >= 15 is 0 Å². The molecule has 47 heavy (non-hydrogen) atoms. The molecule has 6 aromatic carbocycles. The first-order chi connectivity index (χ1) is 22.8. The molecule has 0 unspecified atom stereocenters. The van der Waals surface area contributed by atoms with Gasteiger partial charge >= 0.3 is 0 Å². The molecule has 0 radical (unpaired) electrons. The first kappa shape index (κ1) is 31.1. The maximum absolute atomic E-state index is 9.97. The summed E-state index contributed by atoms with van der Waals surface area (Å²) in [6.45, 7) is 5.49. The second kappa shape index (κ2) is 14.0. The van der Waals surface area contributed by atoms with Gasteiger partial charge in [-0.05, 0) is 96.1 Å². The molecule has 0 fully saturated rings. The average Bonchev–Trinajstić information content (AvgIpc) is 3.09. The Morgan fingerprint density at radius 2 is 0.766 bits per heavy atom. The van der Waals surface area contributed by atoms with Crippen LogP contribution in [0.15, 0.2) is 146 Å². The summed E-state index contributed by atoms with van der Waals surface area (Å²) in [5, 5.41) is 26.6. The Morgan fingerprint density at radius 3 is 1.11 bits per heavy atom. The number of aromatic hydroxyl groups is 2. The quantitative estimate of drug-likeness (QED) is 0.109. The fourth-order valence-electron chi connectivity index (χ4n) is 5.31. The Morgan fingerprint density at radius 1 is 0.447 bits per heavy atom. The summed E-state index contributed by atoms with van der Waals surface area (Å²) >= 11 is 0. The maximum atomic E-state index is 9.97. The van der Waals surface area contributed by atoms with Crippen LogP contribution in [0.25, 0.3) is 0 Å². The van der Waals surface area contributed by atoms with Gasteiger partial charge in [0.05, 0.1) is 0 Å². The fraction of sp³-hybridized carbons (Fsp3) is 0.122. The zero-order valence-corrected chi connectivity index (χ0v) is 26.5. The number of anilines is 2. The zero-order chi connectivity index (χ0) is 32.6. The van der Waals surface area contributed by atoms with Gasteiger partial charge < -0.3 is 30.3 Å². The monoisotopic (exact) mass is 622 g/mol. The molecule has 0 heterocycles. The van der Waals surface area contributed by atoms with Gasteiger partial charge in [-0.1, -0.05) is 74.5 Å². The molecule has 0 spiro atoms. The van der Waals surface area contributed by atoms with Crippen LogP contribution >= 0.6 is 0 Å². The van der Waals surface area contributed by atoms with Crippen molar-refractivity contribution >= 4 is 11.4 Å². The lowest BCUT2D eigenvalue weighted by atomic mass is 9.78. The van der Waals surface area contributed by atoms with Crippen LogP contribution in [-0.4, -0.2) is 10.2 Å². The van der Waals surface area contributed by atoms with Gasteiger partial charge in [-0.3, -0.25) is 0 Å². The van der Waals surface area contributed by atoms with Crippen molar-refractivity contribution in [3.05, 3.63) is 168 Å². The molecule has 0 saturated carbocycles. The van der Waals surface area contributed by atoms with Gasteiger partial charge in [0.1, 0.15) is 34.5 Å². The highest BCUT2D eigenvalue weighted by atomic mass is 16.5. The van der Waals surface area contributed by atoms with Crippen molar-refractivity contribution < 1.29 is 19.7 Å². The van der Waals surface area contributed by atoms with Gasteiger partial charge in [-0.15, -0.1) is 0 Å². The molecule has 0 saturated heterocycles. The molecule has 0 bridgehead atoms. The predicted octanol–water partition coefficient (Wildman–Crippen LogP) is 10.2. The van der Waals surface area contributed by atoms with Gasteiger partial charge in [0, 0.05) is 41.0 Å². The molecule has 6 heteroatoms. The molecule has 0 aliphatic heterocycles. The third-order valence-corrected chi connectivity index (χ3v) is 8.28. The highest BCUT2D eigenvalue weighted by Gasteiger charge is 2.23. The summed E-state index contributed by atoms with van der Waals surface area (Å²) in [6.07, 6.45) is 0. The second-order valence-electron chi connectivity index (χ2n) is 11.9. The summed E-state index contributed by atoms with van der Waals surface area (Å²) in [5.74, 6) is 3.60. The van der Waals surface area contributed by atoms with Crippen molar-refractivity contribution in [1.29, 1.82) is 0 Å². The smallest absolute Gasteiger partial charge is 0.127 e. The molecule has 0 amide bonds. The second-order valence-corrected chi connectivity index (χ2v) is 11.9. The predicted molar refractivity (Wildman–Crippen MR) is 189 cm³/mol. The minimum Gasteiger partial charge on any atom is -0.508 e. The number of hydrogen-bond donors (Lipinski definition) is 4. The Balaban J connectivity index is 1.02. The van der Waals surface area contributed by atoms with Crippen LogP contribution in [0.3, 0.4) is 0 Å². The Labute approximate surface area is 275 Å². The molecule has 236 valence electrons. The van der Waals surface area contributed by atoms with Gasteiger partial charge in [0.25, 0.3) is 0 Å². The molecule has 0 atom stereocenters. The molecule has 6 nitrogen and oxygen atoms in total. The molecule has 4 N–H and O–H groups in total. The third-order valence-electron chi connectivity index (χ3n) is 8.28. The number of hydrogen-bond acceptors (Lipinski definition) is 6. The van der Waals surface area contributed by atoms with E-state index in [9.17, 15) is 10.2 Å². The number of nitrogens with one attached hydrogen (secondary N) is 2. The lowest BCUT2D eigenvalue weighted by Crippen LogP contribution is -2.18. The van der Waals surface area contributed by atoms with Gasteiger partial charge in [-0.25, -0.2) is 0 Å². The fourth-order valence-corrected chi connectivity index (χ4v) is 5.31. The van der Waals surface area contributed by atoms with Crippen molar-refractivity contribution in [3.63, 3.8) is 0 Å². The van der Waals surface area contributed by atoms with E-state index in [0.717, 1.165) is 45.5 Å². The SMILES string of the molecule is CC(C)(c1ccc(Oc2ccc(NCc3ccccc3O)cc2)cc1)c1ccc(Oc2ccc(NCc3ccccc3O)cc2)cc1. The summed E-state index contributed by atoms with van der Waals surface area (Å²) in [4.78, 5) is 0. The van der Waals surface area contributed by atoms with Crippen LogP contribution in [0.5, 0.6) is 34.5 Å². The van der Waals surface area contributed by atoms with Crippen molar-refractivity contribution in [2.75, 3.05) is 10.6 Å². The maximum Gasteiger partial charge on any atom is 0.127 e. The van der Waals surface area contributed by atoms with Gasteiger partial charge in [0.2, 0.25) is 0 Å². The highest BCUT2D eigenvalue weighted by molar-refractivity contribution is 5.50. The number of phenolic OH excluding ortho intramolecular Hbond substituents is 2. The Hall–Kier alpha value is -5.88. The minimum absolute atomic E-state index is 0.224. The van der Waals surface area contributed by atoms with Gasteiger partial charge in [-0.2, -0.15) is 0 Å². The van der Waals surface area contributed by atoms with Crippen molar-refractivity contribution in [3.8, 4) is 34.5 Å². The summed E-state index contributed by atoms with van der Waals surface area (Å²) in [6, 6.07) is 46.6. The lowest BCUT2D eigenvalue weighted by molar-refractivity contribution is 0.468. The largest absolute Gasteiger partial charge is 0.508 e. The van der Waals surface area contributed by atoms with E-state index in [1.54, 1.807) is 12.1 Å². The van der Waals surface area contributed by atoms with E-state index in [1.165, 1.54) is 11.1 Å². The average molecular weight is 623 g/mol. The Kier molecular flexibility index (Phi) is 9.30. The van der Waals surface area contributed by atoms with E-state index < -0.39 is 0 Å². The lowest BCUT2D eigenvalue weighted by Gasteiger charge is -2.26. The Bertz CT molecular complexity index is 1760. The van der Waals surface area contributed by atoms with Crippen molar-refractivity contribution in [2.24, 2.45) is 0 Å². The van der Waals surface area contributed by atoms with Crippen LogP contribution in [0.2, 0.25) is 0 Å². The molecule has 0 aromatic heterocycles. The van der Waals surface area contributed by atoms with Crippen LogP contribution in [0.1, 0.15) is 36.1 Å². The summed E-state index contributed by atoms with van der Waals surface area (Å²) in [5.41, 5.74) is 5.71. The van der Waals surface area contributed by atoms with E-state index in [1.807, 2.05) is 109 Å². The number of benzene rings is 6.